The van der Waals surface area contributed by atoms with Gasteiger partial charge in [-0.3, -0.25) is 0 Å². The van der Waals surface area contributed by atoms with E-state index in [9.17, 15) is 0 Å². The zero-order valence-electron chi connectivity index (χ0n) is 10.1. The third-order valence-electron chi connectivity index (χ3n) is 2.69. The second-order valence-corrected chi connectivity index (χ2v) is 6.42. The van der Waals surface area contributed by atoms with E-state index in [0.29, 0.717) is 0 Å². The molecular formula is C16H16Si. The molecule has 0 unspecified atom stereocenters. The molecular weight excluding hydrogens is 220 g/mol. The summed E-state index contributed by atoms with van der Waals surface area (Å²) >= 11 is 0. The fourth-order valence-electron chi connectivity index (χ4n) is 1.85. The number of hydrogen-bond donors (Lipinski definition) is 0. The molecule has 0 heterocycles. The lowest BCUT2D eigenvalue weighted by molar-refractivity contribution is 1.28. The molecule has 84 valence electrons. The van der Waals surface area contributed by atoms with E-state index in [-0.39, 0.29) is 0 Å². The smallest absolute Gasteiger partial charge is 0.124 e. The Morgan fingerprint density at radius 3 is 1.71 bits per heavy atom. The third-order valence-corrected chi connectivity index (χ3v) is 5.28. The van der Waals surface area contributed by atoms with Gasteiger partial charge in [-0.2, -0.15) is 0 Å². The van der Waals surface area contributed by atoms with Crippen LogP contribution in [-0.2, 0) is 0 Å². The van der Waals surface area contributed by atoms with Gasteiger partial charge in [0.15, 0.2) is 8.80 Å². The van der Waals surface area contributed by atoms with Crippen molar-refractivity contribution in [3.05, 3.63) is 60.7 Å². The van der Waals surface area contributed by atoms with E-state index in [4.69, 9.17) is 0 Å². The summed E-state index contributed by atoms with van der Waals surface area (Å²) in [6, 6.07) is 21.3. The molecule has 0 radical (unpaired) electrons. The van der Waals surface area contributed by atoms with Crippen LogP contribution in [0.25, 0.3) is 0 Å². The van der Waals surface area contributed by atoms with Crippen molar-refractivity contribution in [2.75, 3.05) is 0 Å². The van der Waals surface area contributed by atoms with Gasteiger partial charge in [0, 0.05) is 6.42 Å². The molecule has 0 bridgehead atoms. The number of benzene rings is 2. The van der Waals surface area contributed by atoms with Crippen molar-refractivity contribution in [2.45, 2.75) is 13.3 Å². The first-order chi connectivity index (χ1) is 8.42. The maximum atomic E-state index is 3.49. The van der Waals surface area contributed by atoms with Crippen molar-refractivity contribution in [1.82, 2.24) is 0 Å². The largest absolute Gasteiger partial charge is 0.183 e. The van der Waals surface area contributed by atoms with Crippen LogP contribution in [0.15, 0.2) is 60.7 Å². The fraction of sp³-hybridized carbons (Fsp3) is 0.125. The van der Waals surface area contributed by atoms with E-state index >= 15 is 0 Å². The Bertz CT molecular complexity index is 466. The molecule has 0 amide bonds. The maximum Gasteiger partial charge on any atom is 0.183 e. The third kappa shape index (κ3) is 3.09. The molecule has 2 rings (SSSR count). The molecule has 0 fully saturated rings. The van der Waals surface area contributed by atoms with Crippen molar-refractivity contribution in [3.8, 4) is 11.5 Å². The summed E-state index contributed by atoms with van der Waals surface area (Å²) in [5, 5.41) is 2.80. The van der Waals surface area contributed by atoms with Crippen molar-refractivity contribution < 1.29 is 0 Å². The molecule has 0 N–H and O–H groups in total. The monoisotopic (exact) mass is 236 g/mol. The predicted molar refractivity (Wildman–Crippen MR) is 77.4 cm³/mol. The van der Waals surface area contributed by atoms with Crippen LogP contribution in [0.2, 0.25) is 0 Å². The van der Waals surface area contributed by atoms with E-state index in [0.717, 1.165) is 6.42 Å². The highest BCUT2D eigenvalue weighted by Gasteiger charge is 2.12. The summed E-state index contributed by atoms with van der Waals surface area (Å²) in [7, 11) is -1.33. The Labute approximate surface area is 105 Å². The van der Waals surface area contributed by atoms with Crippen molar-refractivity contribution >= 4 is 19.2 Å². The predicted octanol–water partition coefficient (Wildman–Crippen LogP) is 1.98. The van der Waals surface area contributed by atoms with Crippen LogP contribution < -0.4 is 10.4 Å². The van der Waals surface area contributed by atoms with Gasteiger partial charge in [0.05, 0.1) is 0 Å². The topological polar surface area (TPSA) is 0 Å². The van der Waals surface area contributed by atoms with E-state index in [1.54, 1.807) is 0 Å². The molecule has 0 spiro atoms. The average Bonchev–Trinajstić information content (AvgIpc) is 2.42. The molecule has 1 heteroatoms. The van der Waals surface area contributed by atoms with Crippen LogP contribution in [-0.4, -0.2) is 8.80 Å². The molecule has 17 heavy (non-hydrogen) atoms. The van der Waals surface area contributed by atoms with E-state index in [2.05, 4.69) is 79.1 Å². The van der Waals surface area contributed by atoms with Crippen LogP contribution >= 0.6 is 0 Å². The SMILES string of the molecule is CCC#C[SiH](c1ccccc1)c1ccccc1. The highest BCUT2D eigenvalue weighted by molar-refractivity contribution is 6.91. The Morgan fingerprint density at radius 1 is 0.824 bits per heavy atom. The van der Waals surface area contributed by atoms with E-state index in [1.807, 2.05) is 0 Å². The molecule has 0 aliphatic carbocycles. The quantitative estimate of drug-likeness (QED) is 0.552. The molecule has 2 aromatic carbocycles. The normalized spacial score (nSPS) is 9.76. The van der Waals surface area contributed by atoms with Gasteiger partial charge in [-0.1, -0.05) is 67.6 Å². The van der Waals surface area contributed by atoms with Gasteiger partial charge in [0.2, 0.25) is 0 Å². The lowest BCUT2D eigenvalue weighted by Crippen LogP contribution is -2.41. The second-order valence-electron chi connectivity index (χ2n) is 3.93. The Hall–Kier alpha value is -1.78. The first kappa shape index (κ1) is 11.7. The minimum absolute atomic E-state index is 0.934. The number of rotatable bonds is 2. The summed E-state index contributed by atoms with van der Waals surface area (Å²) < 4.78 is 0. The maximum absolute atomic E-state index is 3.49. The molecule has 0 atom stereocenters. The lowest BCUT2D eigenvalue weighted by atomic mass is 10.4. The van der Waals surface area contributed by atoms with Gasteiger partial charge in [-0.25, -0.2) is 0 Å². The molecule has 2 aromatic rings. The van der Waals surface area contributed by atoms with Gasteiger partial charge >= 0.3 is 0 Å². The molecule has 0 saturated heterocycles. The highest BCUT2D eigenvalue weighted by atomic mass is 28.3. The van der Waals surface area contributed by atoms with Gasteiger partial charge in [0.1, 0.15) is 0 Å². The summed E-state index contributed by atoms with van der Waals surface area (Å²) in [6.07, 6.45) is 0.934. The van der Waals surface area contributed by atoms with Crippen molar-refractivity contribution in [3.63, 3.8) is 0 Å². The van der Waals surface area contributed by atoms with Gasteiger partial charge in [0.25, 0.3) is 0 Å². The van der Waals surface area contributed by atoms with E-state index < -0.39 is 8.80 Å². The summed E-state index contributed by atoms with van der Waals surface area (Å²) in [5.41, 5.74) is 3.49. The minimum atomic E-state index is -1.33. The number of hydrogen-bond acceptors (Lipinski definition) is 0. The van der Waals surface area contributed by atoms with Crippen molar-refractivity contribution in [2.24, 2.45) is 0 Å². The van der Waals surface area contributed by atoms with Crippen molar-refractivity contribution in [1.29, 1.82) is 0 Å². The first-order valence-electron chi connectivity index (χ1n) is 6.00. The molecule has 0 aliphatic heterocycles. The second kappa shape index (κ2) is 6.08. The van der Waals surface area contributed by atoms with Crippen LogP contribution in [0.1, 0.15) is 13.3 Å². The summed E-state index contributed by atoms with van der Waals surface area (Å²) in [6.45, 7) is 2.11. The van der Waals surface area contributed by atoms with Gasteiger partial charge < -0.3 is 0 Å². The molecule has 0 saturated carbocycles. The summed E-state index contributed by atoms with van der Waals surface area (Å²) in [4.78, 5) is 0. The summed E-state index contributed by atoms with van der Waals surface area (Å²) in [5.74, 6) is 3.26. The Morgan fingerprint density at radius 2 is 1.29 bits per heavy atom. The zero-order chi connectivity index (χ0) is 11.9. The average molecular weight is 236 g/mol. The van der Waals surface area contributed by atoms with E-state index in [1.165, 1.54) is 10.4 Å². The lowest BCUT2D eigenvalue weighted by Gasteiger charge is -2.09. The van der Waals surface area contributed by atoms with Crippen LogP contribution in [0.4, 0.5) is 0 Å². The highest BCUT2D eigenvalue weighted by Crippen LogP contribution is 1.92. The zero-order valence-corrected chi connectivity index (χ0v) is 11.2. The first-order valence-corrected chi connectivity index (χ1v) is 7.73. The van der Waals surface area contributed by atoms with Crippen LogP contribution in [0.3, 0.4) is 0 Å². The van der Waals surface area contributed by atoms with Gasteiger partial charge in [-0.15, -0.1) is 11.5 Å². The Kier molecular flexibility index (Phi) is 4.18. The molecule has 0 nitrogen and oxygen atoms in total. The molecule has 0 aromatic heterocycles. The fourth-order valence-corrected chi connectivity index (χ4v) is 4.19. The Balaban J connectivity index is 2.39. The minimum Gasteiger partial charge on any atom is -0.124 e. The standard InChI is InChI=1S/C16H16Si/c1-2-3-14-17(15-10-6-4-7-11-15)16-12-8-5-9-13-16/h4-13,17H,2H2,1H3. The van der Waals surface area contributed by atoms with Crippen LogP contribution in [0, 0.1) is 11.5 Å². The van der Waals surface area contributed by atoms with Crippen LogP contribution in [0.5, 0.6) is 0 Å². The molecule has 0 aliphatic rings. The van der Waals surface area contributed by atoms with Gasteiger partial charge in [-0.05, 0) is 10.4 Å².